The summed E-state index contributed by atoms with van der Waals surface area (Å²) in [4.78, 5) is 11.0. The molecule has 1 atom stereocenters. The Morgan fingerprint density at radius 2 is 1.89 bits per heavy atom. The number of Topliss-reactive ketones (excluding diaryl/α,β-unsaturated/α-hetero) is 1. The van der Waals surface area contributed by atoms with Crippen LogP contribution in [-0.2, 0) is 4.79 Å². The second-order valence-corrected chi connectivity index (χ2v) is 2.67. The molecule has 0 aromatic rings. The van der Waals surface area contributed by atoms with Crippen molar-refractivity contribution >= 4 is 5.78 Å². The van der Waals surface area contributed by atoms with Crippen molar-refractivity contribution in [3.8, 4) is 0 Å². The van der Waals surface area contributed by atoms with Crippen molar-refractivity contribution in [2.45, 2.75) is 34.1 Å². The van der Waals surface area contributed by atoms with Crippen molar-refractivity contribution in [2.24, 2.45) is 5.92 Å². The van der Waals surface area contributed by atoms with Crippen LogP contribution in [0.5, 0.6) is 0 Å². The van der Waals surface area contributed by atoms with Gasteiger partial charge in [-0.2, -0.15) is 0 Å². The van der Waals surface area contributed by atoms with Crippen molar-refractivity contribution < 1.29 is 4.79 Å². The van der Waals surface area contributed by atoms with Crippen LogP contribution < -0.4 is 0 Å². The van der Waals surface area contributed by atoms with E-state index in [-0.39, 0.29) is 5.92 Å². The second kappa shape index (κ2) is 3.65. The lowest BCUT2D eigenvalue weighted by Crippen LogP contribution is -2.14. The van der Waals surface area contributed by atoms with E-state index in [1.165, 1.54) is 0 Å². The maximum atomic E-state index is 11.0. The van der Waals surface area contributed by atoms with Gasteiger partial charge >= 0.3 is 0 Å². The molecule has 0 N–H and O–H groups in total. The topological polar surface area (TPSA) is 17.1 Å². The highest BCUT2D eigenvalue weighted by Crippen LogP contribution is 2.10. The SMILES string of the molecule is CCC(C)C(=O)[C](C)C. The van der Waals surface area contributed by atoms with E-state index in [1.54, 1.807) is 0 Å². The van der Waals surface area contributed by atoms with Gasteiger partial charge in [-0.15, -0.1) is 0 Å². The zero-order valence-corrected chi connectivity index (χ0v) is 6.69. The Balaban J connectivity index is 3.73. The van der Waals surface area contributed by atoms with E-state index in [9.17, 15) is 4.79 Å². The van der Waals surface area contributed by atoms with Crippen molar-refractivity contribution in [3.05, 3.63) is 5.92 Å². The third-order valence-corrected chi connectivity index (χ3v) is 1.55. The molecule has 1 radical (unpaired) electrons. The summed E-state index contributed by atoms with van der Waals surface area (Å²) in [5, 5.41) is 0. The average Bonchev–Trinajstić information content (AvgIpc) is 1.84. The monoisotopic (exact) mass is 127 g/mol. The average molecular weight is 127 g/mol. The Morgan fingerprint density at radius 1 is 1.44 bits per heavy atom. The molecule has 0 heterocycles. The van der Waals surface area contributed by atoms with Gasteiger partial charge in [-0.1, -0.05) is 27.7 Å². The van der Waals surface area contributed by atoms with E-state index in [4.69, 9.17) is 0 Å². The molecule has 0 aliphatic heterocycles. The Morgan fingerprint density at radius 3 is 2.00 bits per heavy atom. The van der Waals surface area contributed by atoms with E-state index in [1.807, 2.05) is 27.7 Å². The Hall–Kier alpha value is -0.330. The summed E-state index contributed by atoms with van der Waals surface area (Å²) in [5.74, 6) is 1.44. The summed E-state index contributed by atoms with van der Waals surface area (Å²) in [7, 11) is 0. The van der Waals surface area contributed by atoms with Crippen LogP contribution >= 0.6 is 0 Å². The molecule has 9 heavy (non-hydrogen) atoms. The molecule has 0 amide bonds. The van der Waals surface area contributed by atoms with E-state index in [0.29, 0.717) is 5.78 Å². The summed E-state index contributed by atoms with van der Waals surface area (Å²) in [6.45, 7) is 7.74. The number of carbonyl (C=O) groups is 1. The maximum absolute atomic E-state index is 11.0. The molecule has 0 aromatic carbocycles. The molecule has 0 saturated heterocycles. The predicted molar refractivity (Wildman–Crippen MR) is 39.1 cm³/mol. The van der Waals surface area contributed by atoms with Crippen LogP contribution in [0.15, 0.2) is 0 Å². The summed E-state index contributed by atoms with van der Waals surface area (Å²) >= 11 is 0. The first-order valence-corrected chi connectivity index (χ1v) is 3.44. The van der Waals surface area contributed by atoms with Crippen LogP contribution in [0.3, 0.4) is 0 Å². The van der Waals surface area contributed by atoms with Gasteiger partial charge in [0, 0.05) is 11.8 Å². The van der Waals surface area contributed by atoms with Gasteiger partial charge in [0.05, 0.1) is 0 Å². The Labute approximate surface area is 57.5 Å². The molecular formula is C8H15O. The highest BCUT2D eigenvalue weighted by molar-refractivity contribution is 5.92. The van der Waals surface area contributed by atoms with Gasteiger partial charge in [-0.3, -0.25) is 4.79 Å². The first kappa shape index (κ1) is 8.67. The fourth-order valence-corrected chi connectivity index (χ4v) is 0.678. The molecule has 0 saturated carbocycles. The molecule has 0 spiro atoms. The number of carbonyl (C=O) groups excluding carboxylic acids is 1. The first-order chi connectivity index (χ1) is 4.09. The van der Waals surface area contributed by atoms with Gasteiger partial charge in [0.2, 0.25) is 0 Å². The van der Waals surface area contributed by atoms with Crippen LogP contribution in [0.4, 0.5) is 0 Å². The van der Waals surface area contributed by atoms with Crippen LogP contribution in [0.2, 0.25) is 0 Å². The third-order valence-electron chi connectivity index (χ3n) is 1.55. The zero-order valence-electron chi connectivity index (χ0n) is 6.69. The predicted octanol–water partition coefficient (Wildman–Crippen LogP) is 2.22. The van der Waals surface area contributed by atoms with Gasteiger partial charge in [0.1, 0.15) is 5.78 Å². The highest BCUT2D eigenvalue weighted by atomic mass is 16.1. The fourth-order valence-electron chi connectivity index (χ4n) is 0.678. The van der Waals surface area contributed by atoms with Crippen molar-refractivity contribution in [3.63, 3.8) is 0 Å². The lowest BCUT2D eigenvalue weighted by Gasteiger charge is -2.08. The zero-order chi connectivity index (χ0) is 7.44. The van der Waals surface area contributed by atoms with E-state index in [0.717, 1.165) is 12.3 Å². The van der Waals surface area contributed by atoms with E-state index < -0.39 is 0 Å². The largest absolute Gasteiger partial charge is 0.299 e. The summed E-state index contributed by atoms with van der Waals surface area (Å²) in [6.07, 6.45) is 0.948. The molecular weight excluding hydrogens is 112 g/mol. The molecule has 1 nitrogen and oxygen atoms in total. The molecule has 53 valence electrons. The van der Waals surface area contributed by atoms with Crippen molar-refractivity contribution in [1.29, 1.82) is 0 Å². The number of hydrogen-bond donors (Lipinski definition) is 0. The van der Waals surface area contributed by atoms with Crippen LogP contribution in [0, 0.1) is 11.8 Å². The van der Waals surface area contributed by atoms with Crippen molar-refractivity contribution in [1.82, 2.24) is 0 Å². The lowest BCUT2D eigenvalue weighted by molar-refractivity contribution is -0.120. The summed E-state index contributed by atoms with van der Waals surface area (Å²) < 4.78 is 0. The standard InChI is InChI=1S/C8H15O/c1-5-7(4)8(9)6(2)3/h7H,5H2,1-4H3. The van der Waals surface area contributed by atoms with Crippen LogP contribution in [0.1, 0.15) is 34.1 Å². The molecule has 1 heteroatoms. The van der Waals surface area contributed by atoms with Gasteiger partial charge in [0.25, 0.3) is 0 Å². The van der Waals surface area contributed by atoms with Crippen molar-refractivity contribution in [2.75, 3.05) is 0 Å². The van der Waals surface area contributed by atoms with Gasteiger partial charge in [-0.05, 0) is 6.42 Å². The highest BCUT2D eigenvalue weighted by Gasteiger charge is 2.13. The molecule has 0 rings (SSSR count). The third kappa shape index (κ3) is 2.64. The molecule has 0 aliphatic rings. The van der Waals surface area contributed by atoms with Gasteiger partial charge < -0.3 is 0 Å². The Bertz CT molecular complexity index is 94.7. The number of rotatable bonds is 3. The van der Waals surface area contributed by atoms with Gasteiger partial charge in [0.15, 0.2) is 0 Å². The molecule has 0 aliphatic carbocycles. The van der Waals surface area contributed by atoms with Crippen LogP contribution in [0.25, 0.3) is 0 Å². The fraction of sp³-hybridized carbons (Fsp3) is 0.750. The Kier molecular flexibility index (Phi) is 3.52. The summed E-state index contributed by atoms with van der Waals surface area (Å²) in [5.41, 5.74) is 0. The van der Waals surface area contributed by atoms with Gasteiger partial charge in [-0.25, -0.2) is 0 Å². The lowest BCUT2D eigenvalue weighted by atomic mass is 9.95. The minimum Gasteiger partial charge on any atom is -0.299 e. The quantitative estimate of drug-likeness (QED) is 0.568. The molecule has 0 aromatic heterocycles. The number of hydrogen-bond acceptors (Lipinski definition) is 1. The van der Waals surface area contributed by atoms with E-state index in [2.05, 4.69) is 0 Å². The molecule has 0 bridgehead atoms. The normalized spacial score (nSPS) is 13.9. The van der Waals surface area contributed by atoms with Crippen LogP contribution in [-0.4, -0.2) is 5.78 Å². The maximum Gasteiger partial charge on any atom is 0.142 e. The first-order valence-electron chi connectivity index (χ1n) is 3.44. The minimum atomic E-state index is 0.218. The molecule has 1 unspecified atom stereocenters. The summed E-state index contributed by atoms with van der Waals surface area (Å²) in [6, 6.07) is 0. The number of ketones is 1. The minimum absolute atomic E-state index is 0.218. The van der Waals surface area contributed by atoms with E-state index >= 15 is 0 Å². The smallest absolute Gasteiger partial charge is 0.142 e. The second-order valence-electron chi connectivity index (χ2n) is 2.67. The molecule has 0 fully saturated rings.